The van der Waals surface area contributed by atoms with Crippen molar-refractivity contribution in [1.82, 2.24) is 14.8 Å². The summed E-state index contributed by atoms with van der Waals surface area (Å²) in [5, 5.41) is 4.75. The van der Waals surface area contributed by atoms with Crippen LogP contribution in [0.3, 0.4) is 0 Å². The van der Waals surface area contributed by atoms with Crippen molar-refractivity contribution in [2.75, 3.05) is 0 Å². The van der Waals surface area contributed by atoms with Gasteiger partial charge in [-0.3, -0.25) is 9.78 Å². The van der Waals surface area contributed by atoms with Crippen LogP contribution in [-0.2, 0) is 0 Å². The Bertz CT molecular complexity index is 823. The van der Waals surface area contributed by atoms with Gasteiger partial charge in [0.25, 0.3) is 0 Å². The molecule has 0 saturated heterocycles. The van der Waals surface area contributed by atoms with Crippen LogP contribution in [0.15, 0.2) is 58.7 Å². The van der Waals surface area contributed by atoms with E-state index in [0.717, 1.165) is 4.90 Å². The summed E-state index contributed by atoms with van der Waals surface area (Å²) in [5.74, 6) is -0.542. The molecule has 0 atom stereocenters. The number of hydrogen-bond acceptors (Lipinski definition) is 4. The van der Waals surface area contributed by atoms with E-state index in [2.05, 4.69) is 10.1 Å². The second-order valence-corrected chi connectivity index (χ2v) is 5.77. The number of benzene rings is 1. The maximum absolute atomic E-state index is 13.7. The van der Waals surface area contributed by atoms with Gasteiger partial charge in [0.1, 0.15) is 21.6 Å². The van der Waals surface area contributed by atoms with Gasteiger partial charge < -0.3 is 0 Å². The van der Waals surface area contributed by atoms with Crippen molar-refractivity contribution in [3.8, 4) is 5.69 Å². The Hall–Kier alpha value is -2.18. The van der Waals surface area contributed by atoms with Gasteiger partial charge in [0.2, 0.25) is 0 Å². The number of pyridine rings is 1. The van der Waals surface area contributed by atoms with E-state index in [4.69, 9.17) is 11.6 Å². The molecule has 0 bridgehead atoms. The fourth-order valence-corrected chi connectivity index (χ4v) is 2.98. The summed E-state index contributed by atoms with van der Waals surface area (Å²) < 4.78 is 15.1. The minimum absolute atomic E-state index is 0.0453. The molecular weight excluding hydrogens is 325 g/mol. The van der Waals surface area contributed by atoms with E-state index in [1.807, 2.05) is 6.07 Å². The maximum atomic E-state index is 13.7. The van der Waals surface area contributed by atoms with Gasteiger partial charge in [-0.2, -0.15) is 5.10 Å². The van der Waals surface area contributed by atoms with Gasteiger partial charge in [-0.05, 0) is 24.3 Å². The first-order valence-corrected chi connectivity index (χ1v) is 7.46. The van der Waals surface area contributed by atoms with Crippen molar-refractivity contribution >= 4 is 29.6 Å². The highest BCUT2D eigenvalue weighted by atomic mass is 35.5. The van der Waals surface area contributed by atoms with Crippen LogP contribution in [0.4, 0.5) is 4.39 Å². The highest BCUT2D eigenvalue weighted by Gasteiger charge is 2.15. The van der Waals surface area contributed by atoms with Crippen LogP contribution >= 0.6 is 23.4 Å². The Morgan fingerprint density at radius 3 is 2.86 bits per heavy atom. The van der Waals surface area contributed by atoms with Crippen molar-refractivity contribution in [1.29, 1.82) is 0 Å². The summed E-state index contributed by atoms with van der Waals surface area (Å²) in [6, 6.07) is 9.75. The van der Waals surface area contributed by atoms with Crippen LogP contribution in [0.1, 0.15) is 10.5 Å². The van der Waals surface area contributed by atoms with E-state index in [1.165, 1.54) is 28.6 Å². The second-order valence-electron chi connectivity index (χ2n) is 4.30. The molecule has 0 saturated carbocycles. The SMILES string of the molecule is O=Cc1cc(Sc2cccnc2)n(-c2cccc(F)c2Cl)n1. The van der Waals surface area contributed by atoms with Gasteiger partial charge in [-0.1, -0.05) is 29.4 Å². The molecule has 0 aliphatic carbocycles. The van der Waals surface area contributed by atoms with E-state index in [9.17, 15) is 9.18 Å². The summed E-state index contributed by atoms with van der Waals surface area (Å²) in [5.41, 5.74) is 0.618. The molecular formula is C15H9ClFN3OS. The zero-order valence-electron chi connectivity index (χ0n) is 11.1. The summed E-state index contributed by atoms with van der Waals surface area (Å²) in [7, 11) is 0. The lowest BCUT2D eigenvalue weighted by atomic mass is 10.3. The zero-order chi connectivity index (χ0) is 15.5. The predicted molar refractivity (Wildman–Crippen MR) is 82.3 cm³/mol. The molecule has 7 heteroatoms. The molecule has 0 spiro atoms. The van der Waals surface area contributed by atoms with Crippen molar-refractivity contribution in [2.45, 2.75) is 9.92 Å². The lowest BCUT2D eigenvalue weighted by Gasteiger charge is -2.09. The number of rotatable bonds is 4. The van der Waals surface area contributed by atoms with Gasteiger partial charge in [-0.15, -0.1) is 0 Å². The monoisotopic (exact) mass is 333 g/mol. The third-order valence-corrected chi connectivity index (χ3v) is 4.18. The molecule has 110 valence electrons. The molecule has 3 rings (SSSR count). The van der Waals surface area contributed by atoms with Crippen molar-refractivity contribution in [3.63, 3.8) is 0 Å². The number of hydrogen-bond donors (Lipinski definition) is 0. The van der Waals surface area contributed by atoms with Gasteiger partial charge in [0.15, 0.2) is 6.29 Å². The average molecular weight is 334 g/mol. The van der Waals surface area contributed by atoms with Crippen molar-refractivity contribution in [2.24, 2.45) is 0 Å². The van der Waals surface area contributed by atoms with Crippen LogP contribution in [0.25, 0.3) is 5.69 Å². The Morgan fingerprint density at radius 1 is 1.27 bits per heavy atom. The molecule has 0 unspecified atom stereocenters. The summed E-state index contributed by atoms with van der Waals surface area (Å²) in [4.78, 5) is 15.9. The number of carbonyl (C=O) groups excluding carboxylic acids is 1. The molecule has 0 fully saturated rings. The van der Waals surface area contributed by atoms with E-state index >= 15 is 0 Å². The van der Waals surface area contributed by atoms with E-state index in [1.54, 1.807) is 30.6 Å². The third-order valence-electron chi connectivity index (χ3n) is 2.83. The first kappa shape index (κ1) is 14.7. The normalized spacial score (nSPS) is 10.6. The van der Waals surface area contributed by atoms with Gasteiger partial charge in [-0.25, -0.2) is 9.07 Å². The predicted octanol–water partition coefficient (Wildman–Crippen LogP) is 4.02. The molecule has 4 nitrogen and oxygen atoms in total. The maximum Gasteiger partial charge on any atom is 0.170 e. The second kappa shape index (κ2) is 6.29. The van der Waals surface area contributed by atoms with Crippen LogP contribution < -0.4 is 0 Å². The first-order chi connectivity index (χ1) is 10.7. The summed E-state index contributed by atoms with van der Waals surface area (Å²) in [6.07, 6.45) is 3.99. The van der Waals surface area contributed by atoms with Crippen LogP contribution in [0, 0.1) is 5.82 Å². The third kappa shape index (κ3) is 2.88. The van der Waals surface area contributed by atoms with E-state index in [0.29, 0.717) is 17.0 Å². The minimum Gasteiger partial charge on any atom is -0.296 e. The van der Waals surface area contributed by atoms with Gasteiger partial charge in [0, 0.05) is 23.4 Å². The quantitative estimate of drug-likeness (QED) is 0.676. The van der Waals surface area contributed by atoms with Crippen LogP contribution in [0.5, 0.6) is 0 Å². The van der Waals surface area contributed by atoms with Crippen LogP contribution in [-0.4, -0.2) is 21.1 Å². The molecule has 0 N–H and O–H groups in total. The standard InChI is InChI=1S/C15H9ClFN3OS/c16-15-12(17)4-1-5-13(15)20-14(7-10(9-21)19-20)22-11-3-2-6-18-8-11/h1-9H. The molecule has 22 heavy (non-hydrogen) atoms. The van der Waals surface area contributed by atoms with Crippen molar-refractivity contribution in [3.05, 3.63) is 65.3 Å². The highest BCUT2D eigenvalue weighted by Crippen LogP contribution is 2.32. The zero-order valence-corrected chi connectivity index (χ0v) is 12.7. The number of halogens is 2. The molecule has 3 aromatic rings. The number of carbonyl (C=O) groups is 1. The lowest BCUT2D eigenvalue weighted by molar-refractivity contribution is 0.111. The summed E-state index contributed by atoms with van der Waals surface area (Å²) >= 11 is 7.37. The lowest BCUT2D eigenvalue weighted by Crippen LogP contribution is -2.01. The fourth-order valence-electron chi connectivity index (χ4n) is 1.87. The first-order valence-electron chi connectivity index (χ1n) is 6.26. The topological polar surface area (TPSA) is 47.8 Å². The van der Waals surface area contributed by atoms with Gasteiger partial charge >= 0.3 is 0 Å². The Morgan fingerprint density at radius 2 is 2.14 bits per heavy atom. The minimum atomic E-state index is -0.542. The number of aromatic nitrogens is 3. The molecule has 2 aromatic heterocycles. The molecule has 1 aromatic carbocycles. The Labute approximate surface area is 134 Å². The summed E-state index contributed by atoms with van der Waals surface area (Å²) in [6.45, 7) is 0. The number of aldehydes is 1. The molecule has 0 aliphatic heterocycles. The Kier molecular flexibility index (Phi) is 4.22. The molecule has 0 radical (unpaired) electrons. The average Bonchev–Trinajstić information content (AvgIpc) is 2.94. The van der Waals surface area contributed by atoms with E-state index < -0.39 is 5.82 Å². The number of nitrogens with zero attached hydrogens (tertiary/aromatic N) is 3. The fraction of sp³-hybridized carbons (Fsp3) is 0. The van der Waals surface area contributed by atoms with E-state index in [-0.39, 0.29) is 10.7 Å². The Balaban J connectivity index is 2.09. The van der Waals surface area contributed by atoms with Gasteiger partial charge in [0.05, 0.1) is 5.69 Å². The molecule has 0 aliphatic rings. The van der Waals surface area contributed by atoms with Crippen LogP contribution in [0.2, 0.25) is 5.02 Å². The van der Waals surface area contributed by atoms with Crippen molar-refractivity contribution < 1.29 is 9.18 Å². The highest BCUT2D eigenvalue weighted by molar-refractivity contribution is 7.99. The smallest absolute Gasteiger partial charge is 0.170 e. The molecule has 0 amide bonds. The largest absolute Gasteiger partial charge is 0.296 e. The molecule has 2 heterocycles.